The first-order valence-electron chi connectivity index (χ1n) is 4.74. The lowest BCUT2D eigenvalue weighted by atomic mass is 9.93. The molecule has 0 amide bonds. The summed E-state index contributed by atoms with van der Waals surface area (Å²) >= 11 is 12.0. The zero-order valence-corrected chi connectivity index (χ0v) is 9.78. The van der Waals surface area contributed by atoms with Gasteiger partial charge in [-0.1, -0.05) is 42.3 Å². The highest BCUT2D eigenvalue weighted by Crippen LogP contribution is 2.31. The summed E-state index contributed by atoms with van der Waals surface area (Å²) in [6.07, 6.45) is 3.95. The summed E-state index contributed by atoms with van der Waals surface area (Å²) in [7, 11) is 0. The fourth-order valence-corrected chi connectivity index (χ4v) is 2.11. The minimum Gasteiger partial charge on any atom is -0.103 e. The Hall–Kier alpha value is -0.460. The summed E-state index contributed by atoms with van der Waals surface area (Å²) in [4.78, 5) is 0. The molecule has 0 nitrogen and oxygen atoms in total. The molecule has 1 atom stereocenters. The molecule has 0 aromatic heterocycles. The SMILES string of the molecule is C=CC[C@H](CC)c1ccc(Cl)cc1Cl. The normalized spacial score (nSPS) is 12.5. The van der Waals surface area contributed by atoms with Crippen LogP contribution in [0.25, 0.3) is 0 Å². The van der Waals surface area contributed by atoms with Crippen molar-refractivity contribution in [2.75, 3.05) is 0 Å². The van der Waals surface area contributed by atoms with Crippen molar-refractivity contribution >= 4 is 23.2 Å². The summed E-state index contributed by atoms with van der Waals surface area (Å²) in [5.74, 6) is 0.456. The van der Waals surface area contributed by atoms with Crippen LogP contribution in [0.3, 0.4) is 0 Å². The molecule has 14 heavy (non-hydrogen) atoms. The summed E-state index contributed by atoms with van der Waals surface area (Å²) in [6, 6.07) is 5.68. The molecular weight excluding hydrogens is 215 g/mol. The highest BCUT2D eigenvalue weighted by atomic mass is 35.5. The first-order chi connectivity index (χ1) is 6.69. The second-order valence-electron chi connectivity index (χ2n) is 3.30. The second kappa shape index (κ2) is 5.43. The van der Waals surface area contributed by atoms with Crippen molar-refractivity contribution in [3.8, 4) is 0 Å². The van der Waals surface area contributed by atoms with Crippen molar-refractivity contribution in [3.05, 3.63) is 46.5 Å². The Bertz CT molecular complexity index is 318. The zero-order chi connectivity index (χ0) is 10.6. The summed E-state index contributed by atoms with van der Waals surface area (Å²) < 4.78 is 0. The molecule has 0 heterocycles. The third-order valence-corrected chi connectivity index (χ3v) is 2.91. The quantitative estimate of drug-likeness (QED) is 0.632. The smallest absolute Gasteiger partial charge is 0.0455 e. The van der Waals surface area contributed by atoms with Crippen LogP contribution >= 0.6 is 23.2 Å². The van der Waals surface area contributed by atoms with Crippen molar-refractivity contribution in [2.24, 2.45) is 0 Å². The van der Waals surface area contributed by atoms with Gasteiger partial charge in [-0.25, -0.2) is 0 Å². The van der Waals surface area contributed by atoms with Crippen LogP contribution in [0.2, 0.25) is 10.0 Å². The molecule has 0 radical (unpaired) electrons. The minimum absolute atomic E-state index is 0.456. The standard InChI is InChI=1S/C12H14Cl2/c1-3-5-9(4-2)11-7-6-10(13)8-12(11)14/h3,6-9H,1,4-5H2,2H3/t9-/m0/s1. The van der Waals surface area contributed by atoms with E-state index in [4.69, 9.17) is 23.2 Å². The van der Waals surface area contributed by atoms with Crippen LogP contribution in [0.5, 0.6) is 0 Å². The molecule has 1 aromatic rings. The van der Waals surface area contributed by atoms with Gasteiger partial charge in [-0.3, -0.25) is 0 Å². The average molecular weight is 229 g/mol. The van der Waals surface area contributed by atoms with Gasteiger partial charge >= 0.3 is 0 Å². The van der Waals surface area contributed by atoms with Crippen LogP contribution in [-0.2, 0) is 0 Å². The van der Waals surface area contributed by atoms with Crippen LogP contribution in [-0.4, -0.2) is 0 Å². The summed E-state index contributed by atoms with van der Waals surface area (Å²) in [5, 5.41) is 1.44. The molecule has 0 N–H and O–H groups in total. The van der Waals surface area contributed by atoms with E-state index in [1.165, 1.54) is 5.56 Å². The maximum Gasteiger partial charge on any atom is 0.0455 e. The van der Waals surface area contributed by atoms with E-state index in [2.05, 4.69) is 13.5 Å². The molecule has 76 valence electrons. The summed E-state index contributed by atoms with van der Waals surface area (Å²) in [6.45, 7) is 5.90. The molecule has 0 saturated heterocycles. The first-order valence-corrected chi connectivity index (χ1v) is 5.50. The van der Waals surface area contributed by atoms with E-state index in [9.17, 15) is 0 Å². The van der Waals surface area contributed by atoms with Crippen LogP contribution in [0.4, 0.5) is 0 Å². The van der Waals surface area contributed by atoms with Crippen molar-refractivity contribution in [2.45, 2.75) is 25.7 Å². The number of allylic oxidation sites excluding steroid dienone is 1. The molecule has 1 rings (SSSR count). The monoisotopic (exact) mass is 228 g/mol. The molecule has 2 heteroatoms. The molecule has 0 spiro atoms. The van der Waals surface area contributed by atoms with Crippen molar-refractivity contribution in [3.63, 3.8) is 0 Å². The molecule has 1 aromatic carbocycles. The molecule has 0 unspecified atom stereocenters. The van der Waals surface area contributed by atoms with E-state index in [0.29, 0.717) is 10.9 Å². The highest BCUT2D eigenvalue weighted by molar-refractivity contribution is 6.35. The number of rotatable bonds is 4. The Labute approximate surface area is 95.5 Å². The maximum absolute atomic E-state index is 6.12. The van der Waals surface area contributed by atoms with E-state index >= 15 is 0 Å². The Balaban J connectivity index is 2.97. The lowest BCUT2D eigenvalue weighted by Crippen LogP contribution is -1.96. The van der Waals surface area contributed by atoms with Gasteiger partial charge in [0.1, 0.15) is 0 Å². The molecule has 0 aliphatic carbocycles. The first kappa shape index (κ1) is 11.6. The van der Waals surface area contributed by atoms with E-state index in [0.717, 1.165) is 17.9 Å². The second-order valence-corrected chi connectivity index (χ2v) is 4.14. The van der Waals surface area contributed by atoms with E-state index < -0.39 is 0 Å². The van der Waals surface area contributed by atoms with Crippen molar-refractivity contribution < 1.29 is 0 Å². The molecule has 0 bridgehead atoms. The van der Waals surface area contributed by atoms with Gasteiger partial charge < -0.3 is 0 Å². The fourth-order valence-electron chi connectivity index (χ4n) is 1.55. The predicted octanol–water partition coefficient (Wildman–Crippen LogP) is 5.06. The lowest BCUT2D eigenvalue weighted by molar-refractivity contribution is 0.675. The van der Waals surface area contributed by atoms with Crippen molar-refractivity contribution in [1.29, 1.82) is 0 Å². The lowest BCUT2D eigenvalue weighted by Gasteiger charge is -2.14. The van der Waals surface area contributed by atoms with Gasteiger partial charge in [0, 0.05) is 10.0 Å². The zero-order valence-electron chi connectivity index (χ0n) is 8.26. The van der Waals surface area contributed by atoms with Gasteiger partial charge in [0.15, 0.2) is 0 Å². The van der Waals surface area contributed by atoms with Crippen LogP contribution in [0, 0.1) is 0 Å². The third kappa shape index (κ3) is 2.76. The number of hydrogen-bond acceptors (Lipinski definition) is 0. The fraction of sp³-hybridized carbons (Fsp3) is 0.333. The van der Waals surface area contributed by atoms with Gasteiger partial charge in [-0.05, 0) is 36.5 Å². The highest BCUT2D eigenvalue weighted by Gasteiger charge is 2.11. The Morgan fingerprint density at radius 3 is 2.64 bits per heavy atom. The topological polar surface area (TPSA) is 0 Å². The summed E-state index contributed by atoms with van der Waals surface area (Å²) in [5.41, 5.74) is 1.17. The van der Waals surface area contributed by atoms with Crippen LogP contribution in [0.15, 0.2) is 30.9 Å². The van der Waals surface area contributed by atoms with Gasteiger partial charge in [0.2, 0.25) is 0 Å². The Morgan fingerprint density at radius 2 is 2.14 bits per heavy atom. The maximum atomic E-state index is 6.12. The Morgan fingerprint density at radius 1 is 1.43 bits per heavy atom. The van der Waals surface area contributed by atoms with E-state index in [1.807, 2.05) is 18.2 Å². The molecule has 0 fully saturated rings. The van der Waals surface area contributed by atoms with Crippen LogP contribution in [0.1, 0.15) is 31.2 Å². The van der Waals surface area contributed by atoms with E-state index in [1.54, 1.807) is 6.07 Å². The number of benzene rings is 1. The molecule has 0 saturated carbocycles. The Kier molecular flexibility index (Phi) is 4.50. The average Bonchev–Trinajstić information content (AvgIpc) is 2.15. The molecular formula is C12H14Cl2. The minimum atomic E-state index is 0.456. The predicted molar refractivity (Wildman–Crippen MR) is 64.3 cm³/mol. The van der Waals surface area contributed by atoms with E-state index in [-0.39, 0.29) is 0 Å². The van der Waals surface area contributed by atoms with Gasteiger partial charge in [-0.2, -0.15) is 0 Å². The van der Waals surface area contributed by atoms with Gasteiger partial charge in [-0.15, -0.1) is 6.58 Å². The largest absolute Gasteiger partial charge is 0.103 e. The van der Waals surface area contributed by atoms with Crippen LogP contribution < -0.4 is 0 Å². The third-order valence-electron chi connectivity index (χ3n) is 2.35. The molecule has 0 aliphatic rings. The number of hydrogen-bond donors (Lipinski definition) is 0. The number of halogens is 2. The van der Waals surface area contributed by atoms with Gasteiger partial charge in [0.05, 0.1) is 0 Å². The van der Waals surface area contributed by atoms with Gasteiger partial charge in [0.25, 0.3) is 0 Å². The van der Waals surface area contributed by atoms with Crippen molar-refractivity contribution in [1.82, 2.24) is 0 Å². The molecule has 0 aliphatic heterocycles.